The van der Waals surface area contributed by atoms with Gasteiger partial charge in [0, 0.05) is 46.3 Å². The lowest BCUT2D eigenvalue weighted by atomic mass is 10.1. The van der Waals surface area contributed by atoms with Gasteiger partial charge < -0.3 is 24.4 Å². The average molecular weight is 379 g/mol. The highest BCUT2D eigenvalue weighted by atomic mass is 16.5. The zero-order valence-electron chi connectivity index (χ0n) is 17.4. The van der Waals surface area contributed by atoms with Gasteiger partial charge in [-0.15, -0.1) is 0 Å². The highest BCUT2D eigenvalue weighted by Gasteiger charge is 2.21. The first kappa shape index (κ1) is 21.2. The number of rotatable bonds is 8. The maximum Gasteiger partial charge on any atom is 0.203 e. The van der Waals surface area contributed by atoms with Crippen molar-refractivity contribution in [1.82, 2.24) is 15.1 Å². The van der Waals surface area contributed by atoms with E-state index < -0.39 is 0 Å². The van der Waals surface area contributed by atoms with Crippen LogP contribution in [0.25, 0.3) is 0 Å². The average Bonchev–Trinajstić information content (AvgIpc) is 2.71. The van der Waals surface area contributed by atoms with Crippen LogP contribution in [0, 0.1) is 0 Å². The molecule has 0 radical (unpaired) electrons. The number of guanidine groups is 1. The fourth-order valence-electron chi connectivity index (χ4n) is 3.31. The predicted molar refractivity (Wildman–Crippen MR) is 109 cm³/mol. The monoisotopic (exact) mass is 378 g/mol. The molecule has 152 valence electrons. The summed E-state index contributed by atoms with van der Waals surface area (Å²) in [4.78, 5) is 9.20. The van der Waals surface area contributed by atoms with Crippen LogP contribution in [0.2, 0.25) is 0 Å². The van der Waals surface area contributed by atoms with E-state index in [1.807, 2.05) is 19.2 Å². The molecule has 0 aromatic heterocycles. The Kier molecular flexibility index (Phi) is 8.51. The molecule has 0 unspecified atom stereocenters. The summed E-state index contributed by atoms with van der Waals surface area (Å²) < 4.78 is 16.3. The second-order valence-electron chi connectivity index (χ2n) is 6.62. The Morgan fingerprint density at radius 3 is 2.15 bits per heavy atom. The molecule has 1 fully saturated rings. The van der Waals surface area contributed by atoms with E-state index in [2.05, 4.69) is 27.0 Å². The summed E-state index contributed by atoms with van der Waals surface area (Å²) in [5.41, 5.74) is 1.16. The SMILES string of the molecule is CCCCNC(=NC)N1CCN(Cc2cc(OC)c(OC)c(OC)c2)CC1. The number of methoxy groups -OCH3 is 3. The summed E-state index contributed by atoms with van der Waals surface area (Å²) in [5, 5.41) is 3.46. The molecule has 2 rings (SSSR count). The molecule has 1 aliphatic heterocycles. The topological polar surface area (TPSA) is 58.6 Å². The highest BCUT2D eigenvalue weighted by Crippen LogP contribution is 2.38. The molecule has 1 aromatic carbocycles. The fourth-order valence-corrected chi connectivity index (χ4v) is 3.31. The third-order valence-corrected chi connectivity index (χ3v) is 4.83. The van der Waals surface area contributed by atoms with Crippen molar-refractivity contribution in [3.8, 4) is 17.2 Å². The number of ether oxygens (including phenoxy) is 3. The molecule has 0 bridgehead atoms. The zero-order chi connectivity index (χ0) is 19.6. The number of unbranched alkanes of at least 4 members (excludes halogenated alkanes) is 1. The van der Waals surface area contributed by atoms with Gasteiger partial charge in [0.1, 0.15) is 0 Å². The van der Waals surface area contributed by atoms with Gasteiger partial charge in [-0.2, -0.15) is 0 Å². The van der Waals surface area contributed by atoms with Crippen molar-refractivity contribution in [3.63, 3.8) is 0 Å². The van der Waals surface area contributed by atoms with Crippen LogP contribution in [-0.4, -0.2) is 76.9 Å². The first-order valence-corrected chi connectivity index (χ1v) is 9.63. The summed E-state index contributed by atoms with van der Waals surface area (Å²) in [6.07, 6.45) is 2.35. The van der Waals surface area contributed by atoms with Crippen molar-refractivity contribution in [2.45, 2.75) is 26.3 Å². The van der Waals surface area contributed by atoms with Crippen LogP contribution in [0.5, 0.6) is 17.2 Å². The zero-order valence-corrected chi connectivity index (χ0v) is 17.4. The van der Waals surface area contributed by atoms with Crippen LogP contribution in [0.1, 0.15) is 25.3 Å². The summed E-state index contributed by atoms with van der Waals surface area (Å²) in [7, 11) is 6.78. The van der Waals surface area contributed by atoms with Crippen LogP contribution < -0.4 is 19.5 Å². The minimum absolute atomic E-state index is 0.635. The number of nitrogens with one attached hydrogen (secondary N) is 1. The Bertz CT molecular complexity index is 588. The van der Waals surface area contributed by atoms with Crippen LogP contribution in [0.4, 0.5) is 0 Å². The van der Waals surface area contributed by atoms with Gasteiger partial charge in [0.05, 0.1) is 21.3 Å². The lowest BCUT2D eigenvalue weighted by molar-refractivity contribution is 0.172. The molecular formula is C20H34N4O3. The number of nitrogens with zero attached hydrogens (tertiary/aromatic N) is 3. The molecular weight excluding hydrogens is 344 g/mol. The molecule has 0 aliphatic carbocycles. The largest absolute Gasteiger partial charge is 0.493 e. The minimum atomic E-state index is 0.635. The number of hydrogen-bond donors (Lipinski definition) is 1. The van der Waals surface area contributed by atoms with Gasteiger partial charge in [0.15, 0.2) is 17.5 Å². The van der Waals surface area contributed by atoms with E-state index in [-0.39, 0.29) is 0 Å². The predicted octanol–water partition coefficient (Wildman–Crippen LogP) is 2.21. The van der Waals surface area contributed by atoms with E-state index in [0.29, 0.717) is 17.2 Å². The maximum absolute atomic E-state index is 5.46. The van der Waals surface area contributed by atoms with Crippen molar-refractivity contribution < 1.29 is 14.2 Å². The minimum Gasteiger partial charge on any atom is -0.493 e. The van der Waals surface area contributed by atoms with Gasteiger partial charge in [-0.05, 0) is 24.1 Å². The Hall–Kier alpha value is -2.15. The number of benzene rings is 1. The third kappa shape index (κ3) is 5.66. The summed E-state index contributed by atoms with van der Waals surface area (Å²) in [6.45, 7) is 7.95. The van der Waals surface area contributed by atoms with E-state index in [1.54, 1.807) is 21.3 Å². The molecule has 7 heteroatoms. The standard InChI is InChI=1S/C20H34N4O3/c1-6-7-8-22-20(21-2)24-11-9-23(10-12-24)15-16-13-17(25-3)19(27-5)18(14-16)26-4/h13-14H,6-12,15H2,1-5H3,(H,21,22). The lowest BCUT2D eigenvalue weighted by Crippen LogP contribution is -2.52. The van der Waals surface area contributed by atoms with Crippen molar-refractivity contribution >= 4 is 5.96 Å². The molecule has 0 saturated carbocycles. The van der Waals surface area contributed by atoms with Crippen molar-refractivity contribution in [3.05, 3.63) is 17.7 Å². The molecule has 1 N–H and O–H groups in total. The van der Waals surface area contributed by atoms with E-state index in [9.17, 15) is 0 Å². The molecule has 1 aromatic rings. The highest BCUT2D eigenvalue weighted by molar-refractivity contribution is 5.79. The quantitative estimate of drug-likeness (QED) is 0.425. The van der Waals surface area contributed by atoms with Gasteiger partial charge in [-0.3, -0.25) is 9.89 Å². The third-order valence-electron chi connectivity index (χ3n) is 4.83. The van der Waals surface area contributed by atoms with Gasteiger partial charge in [-0.1, -0.05) is 13.3 Å². The van der Waals surface area contributed by atoms with Crippen LogP contribution in [0.15, 0.2) is 17.1 Å². The van der Waals surface area contributed by atoms with Crippen molar-refractivity contribution in [2.75, 3.05) is 61.1 Å². The number of aliphatic imine (C=N–C) groups is 1. The van der Waals surface area contributed by atoms with E-state index in [4.69, 9.17) is 14.2 Å². The normalized spacial score (nSPS) is 15.6. The molecule has 1 saturated heterocycles. The van der Waals surface area contributed by atoms with Gasteiger partial charge >= 0.3 is 0 Å². The summed E-state index contributed by atoms with van der Waals surface area (Å²) in [5.74, 6) is 3.04. The molecule has 1 aliphatic rings. The fraction of sp³-hybridized carbons (Fsp3) is 0.650. The molecule has 0 atom stereocenters. The molecule has 7 nitrogen and oxygen atoms in total. The van der Waals surface area contributed by atoms with Gasteiger partial charge in [0.2, 0.25) is 5.75 Å². The van der Waals surface area contributed by atoms with Crippen LogP contribution in [0.3, 0.4) is 0 Å². The van der Waals surface area contributed by atoms with Crippen molar-refractivity contribution in [2.24, 2.45) is 4.99 Å². The van der Waals surface area contributed by atoms with Gasteiger partial charge in [0.25, 0.3) is 0 Å². The molecule has 0 amide bonds. The van der Waals surface area contributed by atoms with Crippen LogP contribution >= 0.6 is 0 Å². The summed E-state index contributed by atoms with van der Waals surface area (Å²) in [6, 6.07) is 4.05. The lowest BCUT2D eigenvalue weighted by Gasteiger charge is -2.36. The number of hydrogen-bond acceptors (Lipinski definition) is 5. The first-order chi connectivity index (χ1) is 13.2. The van der Waals surface area contributed by atoms with E-state index in [0.717, 1.165) is 50.8 Å². The Morgan fingerprint density at radius 2 is 1.67 bits per heavy atom. The van der Waals surface area contributed by atoms with E-state index >= 15 is 0 Å². The van der Waals surface area contributed by atoms with E-state index in [1.165, 1.54) is 12.8 Å². The molecule has 1 heterocycles. The van der Waals surface area contributed by atoms with Crippen molar-refractivity contribution in [1.29, 1.82) is 0 Å². The second-order valence-corrected chi connectivity index (χ2v) is 6.62. The van der Waals surface area contributed by atoms with Gasteiger partial charge in [-0.25, -0.2) is 0 Å². The van der Waals surface area contributed by atoms with Crippen LogP contribution in [-0.2, 0) is 6.54 Å². The Balaban J connectivity index is 1.95. The first-order valence-electron chi connectivity index (χ1n) is 9.63. The number of piperazine rings is 1. The second kappa shape index (κ2) is 10.9. The Labute approximate surface area is 163 Å². The summed E-state index contributed by atoms with van der Waals surface area (Å²) >= 11 is 0. The molecule has 0 spiro atoms. The molecule has 27 heavy (non-hydrogen) atoms. The maximum atomic E-state index is 5.46. The smallest absolute Gasteiger partial charge is 0.203 e. The Morgan fingerprint density at radius 1 is 1.04 bits per heavy atom.